The van der Waals surface area contributed by atoms with Crippen molar-refractivity contribution in [1.29, 1.82) is 0 Å². The minimum absolute atomic E-state index is 0.0788. The van der Waals surface area contributed by atoms with Gasteiger partial charge in [0.05, 0.1) is 18.5 Å². The van der Waals surface area contributed by atoms with E-state index in [4.69, 9.17) is 9.84 Å². The molecule has 9 heteroatoms. The predicted molar refractivity (Wildman–Crippen MR) is 147 cm³/mol. The van der Waals surface area contributed by atoms with Gasteiger partial charge in [0, 0.05) is 16.8 Å². The quantitative estimate of drug-likeness (QED) is 0.171. The number of halogens is 3. The molecule has 6 nitrogen and oxygen atoms in total. The van der Waals surface area contributed by atoms with Gasteiger partial charge in [-0.2, -0.15) is 23.4 Å². The van der Waals surface area contributed by atoms with Crippen LogP contribution in [0, 0.1) is 0 Å². The number of carbonyl (C=O) groups excluding carboxylic acids is 1. The van der Waals surface area contributed by atoms with Crippen molar-refractivity contribution >= 4 is 5.97 Å². The van der Waals surface area contributed by atoms with Gasteiger partial charge in [-0.3, -0.25) is 4.68 Å². The van der Waals surface area contributed by atoms with Gasteiger partial charge in [-0.25, -0.2) is 9.48 Å². The minimum Gasteiger partial charge on any atom is -0.461 e. The van der Waals surface area contributed by atoms with Crippen molar-refractivity contribution in [3.05, 3.63) is 131 Å². The lowest BCUT2D eigenvalue weighted by molar-refractivity contribution is -0.142. The number of carbonyl (C=O) groups is 1. The molecule has 0 radical (unpaired) electrons. The average molecular weight is 557 g/mol. The molecule has 0 atom stereocenters. The molecule has 0 bridgehead atoms. The number of rotatable bonds is 7. The maximum atomic E-state index is 13.7. The van der Waals surface area contributed by atoms with Crippen molar-refractivity contribution in [1.82, 2.24) is 19.6 Å². The van der Waals surface area contributed by atoms with Gasteiger partial charge in [-0.1, -0.05) is 91.0 Å². The highest BCUT2D eigenvalue weighted by atomic mass is 19.4. The second kappa shape index (κ2) is 10.4. The van der Waals surface area contributed by atoms with Crippen molar-refractivity contribution in [2.75, 3.05) is 6.61 Å². The summed E-state index contributed by atoms with van der Waals surface area (Å²) in [6.07, 6.45) is -2.18. The number of alkyl halides is 3. The highest BCUT2D eigenvalue weighted by Crippen LogP contribution is 2.45. The summed E-state index contributed by atoms with van der Waals surface area (Å²) in [6, 6.07) is 29.9. The van der Waals surface area contributed by atoms with Crippen molar-refractivity contribution in [2.24, 2.45) is 0 Å². The van der Waals surface area contributed by atoms with E-state index in [0.717, 1.165) is 27.1 Å². The Morgan fingerprint density at radius 3 is 1.88 bits per heavy atom. The van der Waals surface area contributed by atoms with E-state index in [1.54, 1.807) is 13.1 Å². The Morgan fingerprint density at radius 1 is 0.854 bits per heavy atom. The van der Waals surface area contributed by atoms with E-state index in [-0.39, 0.29) is 18.0 Å². The fourth-order valence-electron chi connectivity index (χ4n) is 5.93. The van der Waals surface area contributed by atoms with E-state index in [9.17, 15) is 18.0 Å². The molecule has 41 heavy (non-hydrogen) atoms. The number of aromatic nitrogens is 4. The Hall–Kier alpha value is -4.66. The summed E-state index contributed by atoms with van der Waals surface area (Å²) in [5.74, 6) is -0.729. The highest BCUT2D eigenvalue weighted by Gasteiger charge is 2.43. The Bertz CT molecular complexity index is 1580. The zero-order chi connectivity index (χ0) is 28.6. The molecule has 0 aliphatic heterocycles. The normalized spacial score (nSPS) is 13.0. The Balaban J connectivity index is 1.65. The molecular weight excluding hydrogens is 529 g/mol. The number of fused-ring (bicyclic) bond motifs is 3. The molecule has 1 aliphatic rings. The molecule has 0 unspecified atom stereocenters. The van der Waals surface area contributed by atoms with E-state index in [0.29, 0.717) is 24.0 Å². The van der Waals surface area contributed by atoms with Crippen LogP contribution < -0.4 is 0 Å². The molecular formula is C32H27F3N4O2. The first-order valence-corrected chi connectivity index (χ1v) is 13.4. The van der Waals surface area contributed by atoms with Gasteiger partial charge in [-0.05, 0) is 36.5 Å². The van der Waals surface area contributed by atoms with Crippen LogP contribution in [0.2, 0.25) is 0 Å². The lowest BCUT2D eigenvalue weighted by Gasteiger charge is -2.38. The maximum Gasteiger partial charge on any atom is 0.408 e. The molecule has 0 spiro atoms. The van der Waals surface area contributed by atoms with Crippen molar-refractivity contribution in [2.45, 2.75) is 38.0 Å². The first-order valence-electron chi connectivity index (χ1n) is 13.4. The minimum atomic E-state index is -4.54. The largest absolute Gasteiger partial charge is 0.461 e. The van der Waals surface area contributed by atoms with Gasteiger partial charge in [0.15, 0.2) is 5.69 Å². The van der Waals surface area contributed by atoms with Crippen LogP contribution in [-0.4, -0.2) is 38.3 Å². The van der Waals surface area contributed by atoms with E-state index in [2.05, 4.69) is 5.10 Å². The standard InChI is InChI=1S/C32H27F3N4O2/c1-2-41-30(40)28-25-18-19-27-26(29(25)38(37-28)21-31(33,34)35)20-36-39(27)32(22-12-6-3-7-13-22,23-14-8-4-9-15-23)24-16-10-5-11-17-24/h3-17,20H,2,18-19,21H2,1H3. The summed E-state index contributed by atoms with van der Waals surface area (Å²) in [4.78, 5) is 12.7. The molecule has 0 N–H and O–H groups in total. The second-order valence-electron chi connectivity index (χ2n) is 9.89. The lowest BCUT2D eigenvalue weighted by atomic mass is 9.76. The van der Waals surface area contributed by atoms with Gasteiger partial charge in [0.2, 0.25) is 0 Å². The molecule has 5 aromatic rings. The second-order valence-corrected chi connectivity index (χ2v) is 9.89. The Labute approximate surface area is 235 Å². The zero-order valence-electron chi connectivity index (χ0n) is 22.3. The van der Waals surface area contributed by atoms with Gasteiger partial charge in [0.1, 0.15) is 12.1 Å². The van der Waals surface area contributed by atoms with Gasteiger partial charge in [0.25, 0.3) is 0 Å². The molecule has 0 fully saturated rings. The van der Waals surface area contributed by atoms with E-state index < -0.39 is 24.2 Å². The monoisotopic (exact) mass is 556 g/mol. The predicted octanol–water partition coefficient (Wildman–Crippen LogP) is 6.42. The zero-order valence-corrected chi connectivity index (χ0v) is 22.3. The molecule has 1 aliphatic carbocycles. The third-order valence-electron chi connectivity index (χ3n) is 7.48. The average Bonchev–Trinajstić information content (AvgIpc) is 3.57. The van der Waals surface area contributed by atoms with Crippen molar-refractivity contribution in [3.8, 4) is 11.3 Å². The van der Waals surface area contributed by atoms with Crippen molar-refractivity contribution in [3.63, 3.8) is 0 Å². The summed E-state index contributed by atoms with van der Waals surface area (Å²) in [7, 11) is 0. The number of esters is 1. The van der Waals surface area contributed by atoms with Crippen LogP contribution in [0.1, 0.15) is 45.4 Å². The molecule has 0 amide bonds. The molecule has 2 aromatic heterocycles. The molecule has 3 aromatic carbocycles. The van der Waals surface area contributed by atoms with E-state index >= 15 is 0 Å². The molecule has 6 rings (SSSR count). The highest BCUT2D eigenvalue weighted by molar-refractivity contribution is 5.92. The third kappa shape index (κ3) is 4.51. The SMILES string of the molecule is CCOC(=O)c1nn(CC(F)(F)F)c2c1CCc1c-2cnn1C(c1ccccc1)(c1ccccc1)c1ccccc1. The van der Waals surface area contributed by atoms with Crippen LogP contribution in [0.25, 0.3) is 11.3 Å². The molecule has 208 valence electrons. The van der Waals surface area contributed by atoms with Gasteiger partial charge < -0.3 is 4.74 Å². The summed E-state index contributed by atoms with van der Waals surface area (Å²) in [5.41, 5.74) is 3.82. The van der Waals surface area contributed by atoms with Crippen LogP contribution in [0.3, 0.4) is 0 Å². The number of nitrogens with zero attached hydrogens (tertiary/aromatic N) is 4. The van der Waals surface area contributed by atoms with Crippen LogP contribution >= 0.6 is 0 Å². The summed E-state index contributed by atoms with van der Waals surface area (Å²) >= 11 is 0. The summed E-state index contributed by atoms with van der Waals surface area (Å²) in [6.45, 7) is 0.409. The smallest absolute Gasteiger partial charge is 0.408 e. The lowest BCUT2D eigenvalue weighted by Crippen LogP contribution is -2.40. The molecule has 0 saturated carbocycles. The molecule has 2 heterocycles. The number of ether oxygens (including phenoxy) is 1. The third-order valence-corrected chi connectivity index (χ3v) is 7.48. The first kappa shape index (κ1) is 26.6. The molecule has 0 saturated heterocycles. The van der Waals surface area contributed by atoms with E-state index in [1.165, 1.54) is 0 Å². The summed E-state index contributed by atoms with van der Waals surface area (Å²) in [5, 5.41) is 9.03. The van der Waals surface area contributed by atoms with Crippen LogP contribution in [0.5, 0.6) is 0 Å². The van der Waals surface area contributed by atoms with Crippen LogP contribution in [0.4, 0.5) is 13.2 Å². The van der Waals surface area contributed by atoms with E-state index in [1.807, 2.05) is 95.7 Å². The van der Waals surface area contributed by atoms with Gasteiger partial charge >= 0.3 is 12.1 Å². The fraction of sp³-hybridized carbons (Fsp3) is 0.219. The fourth-order valence-corrected chi connectivity index (χ4v) is 5.93. The van der Waals surface area contributed by atoms with Crippen molar-refractivity contribution < 1.29 is 22.7 Å². The number of hydrogen-bond donors (Lipinski definition) is 0. The van der Waals surface area contributed by atoms with Gasteiger partial charge in [-0.15, -0.1) is 0 Å². The first-order chi connectivity index (χ1) is 19.8. The number of benzene rings is 3. The number of hydrogen-bond acceptors (Lipinski definition) is 4. The van der Waals surface area contributed by atoms with Crippen LogP contribution in [-0.2, 0) is 29.7 Å². The Kier molecular flexibility index (Phi) is 6.73. The topological polar surface area (TPSA) is 61.9 Å². The maximum absolute atomic E-state index is 13.7. The van der Waals surface area contributed by atoms with Crippen LogP contribution in [0.15, 0.2) is 97.2 Å². The Morgan fingerprint density at radius 2 is 1.39 bits per heavy atom. The summed E-state index contributed by atoms with van der Waals surface area (Å²) < 4.78 is 49.1.